The lowest BCUT2D eigenvalue weighted by Crippen LogP contribution is -2.46. The molecule has 0 saturated carbocycles. The smallest absolute Gasteiger partial charge is 0.317 e. The second kappa shape index (κ2) is 17.9. The molecule has 1 aromatic rings. The zero-order valence-electron chi connectivity index (χ0n) is 25.2. The number of rotatable bonds is 12. The first-order valence-electron chi connectivity index (χ1n) is 14.3. The maximum absolute atomic E-state index is 13.2. The summed E-state index contributed by atoms with van der Waals surface area (Å²) in [7, 11) is 1.75. The van der Waals surface area contributed by atoms with Gasteiger partial charge in [-0.3, -0.25) is 4.99 Å². The van der Waals surface area contributed by atoms with E-state index in [1.165, 1.54) is 19.1 Å². The van der Waals surface area contributed by atoms with E-state index < -0.39 is 6.17 Å². The molecule has 4 unspecified atom stereocenters. The number of fused-ring (bicyclic) bond motifs is 1. The van der Waals surface area contributed by atoms with Crippen LogP contribution in [0.5, 0.6) is 0 Å². The van der Waals surface area contributed by atoms with E-state index in [2.05, 4.69) is 36.1 Å². The molecule has 0 radical (unpaired) electrons. The summed E-state index contributed by atoms with van der Waals surface area (Å²) in [5.41, 5.74) is 2.25. The number of nitrogens with zero attached hydrogens (tertiary/aromatic N) is 3. The van der Waals surface area contributed by atoms with Crippen molar-refractivity contribution in [1.82, 2.24) is 15.1 Å². The van der Waals surface area contributed by atoms with Gasteiger partial charge in [-0.05, 0) is 55.9 Å². The minimum absolute atomic E-state index is 0.0833. The molecule has 230 valence electrons. The van der Waals surface area contributed by atoms with Gasteiger partial charge < -0.3 is 20.5 Å². The van der Waals surface area contributed by atoms with E-state index in [1.807, 2.05) is 13.0 Å². The normalized spacial score (nSPS) is 18.6. The molecule has 2 amide bonds. The van der Waals surface area contributed by atoms with Gasteiger partial charge >= 0.3 is 6.03 Å². The van der Waals surface area contributed by atoms with Crippen LogP contribution in [-0.2, 0) is 0 Å². The molecule has 2 heterocycles. The Balaban J connectivity index is 0.000000661. The van der Waals surface area contributed by atoms with Crippen LogP contribution in [0.4, 0.5) is 13.6 Å². The zero-order valence-corrected chi connectivity index (χ0v) is 26.8. The van der Waals surface area contributed by atoms with Gasteiger partial charge in [-0.2, -0.15) is 0 Å². The van der Waals surface area contributed by atoms with Gasteiger partial charge in [0.05, 0.1) is 23.5 Å². The Morgan fingerprint density at radius 2 is 2.14 bits per heavy atom. The van der Waals surface area contributed by atoms with E-state index in [9.17, 15) is 13.6 Å². The van der Waals surface area contributed by atoms with E-state index >= 15 is 0 Å². The van der Waals surface area contributed by atoms with Crippen LogP contribution in [0.1, 0.15) is 47.0 Å². The number of hydrogen-bond acceptors (Lipinski definition) is 5. The molecule has 0 aromatic heterocycles. The summed E-state index contributed by atoms with van der Waals surface area (Å²) in [4.78, 5) is 21.4. The van der Waals surface area contributed by atoms with E-state index in [-0.39, 0.29) is 29.6 Å². The number of nitrogens with one attached hydrogen (secondary N) is 2. The minimum Gasteiger partial charge on any atom is -0.333 e. The number of carbonyl (C=O) groups excluding carboxylic acids is 1. The van der Waals surface area contributed by atoms with Crippen LogP contribution in [0.3, 0.4) is 0 Å². The molecule has 2 aliphatic heterocycles. The molecule has 2 N–H and O–H groups in total. The number of amides is 2. The summed E-state index contributed by atoms with van der Waals surface area (Å²) >= 11 is 7.18. The summed E-state index contributed by atoms with van der Waals surface area (Å²) in [6, 6.07) is 5.59. The third-order valence-electron chi connectivity index (χ3n) is 6.90. The molecule has 2 aliphatic rings. The van der Waals surface area contributed by atoms with E-state index in [1.54, 1.807) is 54.1 Å². The van der Waals surface area contributed by atoms with Gasteiger partial charge in [0.1, 0.15) is 17.8 Å². The highest BCUT2D eigenvalue weighted by Crippen LogP contribution is 2.35. The Bertz CT molecular complexity index is 1180. The molecule has 1 saturated heterocycles. The largest absolute Gasteiger partial charge is 0.333 e. The monoisotopic (exact) mass is 619 g/mol. The molecular weight excluding hydrogens is 576 g/mol. The van der Waals surface area contributed by atoms with Crippen molar-refractivity contribution in [3.63, 3.8) is 0 Å². The topological polar surface area (TPSA) is 71.8 Å². The van der Waals surface area contributed by atoms with Gasteiger partial charge in [-0.1, -0.05) is 56.2 Å². The number of benzene rings is 1. The Labute approximate surface area is 259 Å². The number of hydrogen-bond donors (Lipinski definition) is 2. The van der Waals surface area contributed by atoms with Crippen LogP contribution >= 0.6 is 23.4 Å². The first-order chi connectivity index (χ1) is 20.0. The first-order valence-corrected chi connectivity index (χ1v) is 15.6. The number of aliphatic imine (C=N–C) groups is 1. The maximum Gasteiger partial charge on any atom is 0.317 e. The summed E-state index contributed by atoms with van der Waals surface area (Å²) < 4.78 is 25.3. The highest BCUT2D eigenvalue weighted by molar-refractivity contribution is 8.03. The fourth-order valence-electron chi connectivity index (χ4n) is 4.50. The molecule has 4 atom stereocenters. The second-order valence-corrected chi connectivity index (χ2v) is 11.9. The molecule has 0 aliphatic carbocycles. The van der Waals surface area contributed by atoms with Crippen LogP contribution in [0.2, 0.25) is 5.02 Å². The highest BCUT2D eigenvalue weighted by Gasteiger charge is 2.39. The summed E-state index contributed by atoms with van der Waals surface area (Å²) in [6.45, 7) is 13.2. The molecule has 3 rings (SSSR count). The van der Waals surface area contributed by atoms with Crippen molar-refractivity contribution in [1.29, 1.82) is 5.41 Å². The molecule has 0 spiro atoms. The molecule has 1 aromatic carbocycles. The maximum atomic E-state index is 13.2. The number of amidine groups is 1. The average molecular weight is 620 g/mol. The zero-order chi connectivity index (χ0) is 31.2. The Morgan fingerprint density at radius 1 is 1.40 bits per heavy atom. The van der Waals surface area contributed by atoms with Crippen molar-refractivity contribution in [2.75, 3.05) is 26.7 Å². The van der Waals surface area contributed by atoms with Crippen molar-refractivity contribution in [2.45, 2.75) is 64.4 Å². The number of allylic oxidation sites excluding steroid dienone is 3. The highest BCUT2D eigenvalue weighted by atomic mass is 35.5. The summed E-state index contributed by atoms with van der Waals surface area (Å²) in [5, 5.41) is 14.5. The molecule has 10 heteroatoms. The van der Waals surface area contributed by atoms with Crippen molar-refractivity contribution >= 4 is 40.9 Å². The quantitative estimate of drug-likeness (QED) is 0.184. The van der Waals surface area contributed by atoms with E-state index in [4.69, 9.17) is 22.0 Å². The van der Waals surface area contributed by atoms with Gasteiger partial charge in [-0.15, -0.1) is 18.3 Å². The van der Waals surface area contributed by atoms with E-state index in [0.717, 1.165) is 23.5 Å². The number of halogens is 3. The Morgan fingerprint density at radius 3 is 2.71 bits per heavy atom. The van der Waals surface area contributed by atoms with Gasteiger partial charge in [0.2, 0.25) is 0 Å². The second-order valence-electron chi connectivity index (χ2n) is 10.4. The number of carbonyl (C=O) groups is 1. The number of urea groups is 1. The standard InChI is InChI=1S/C26H40FN5OS.C6H4ClF/c1-7-13-31(6)26(33)30-20-15-23-21(22(28)12-10-11-19(5)27)16-29-25(32(23)17-20)24(18(4)9-3)34-14-8-2;7-5-2-1-3-6(8)4-5/h7-8,10,12,14,18-20,24,28H,1,9,11,13,15-17H2,2-6H3,(H,30,33);1-4H/b12-10-,14-8-,28-22?;. The number of likely N-dealkylation sites (N-methyl/N-ethyl adjacent to an activating group) is 1. The molecule has 6 nitrogen and oxygen atoms in total. The molecule has 1 fully saturated rings. The minimum atomic E-state index is -0.937. The Kier molecular flexibility index (Phi) is 15.0. The van der Waals surface area contributed by atoms with Crippen LogP contribution in [-0.4, -0.2) is 71.5 Å². The lowest BCUT2D eigenvalue weighted by atomic mass is 9.99. The average Bonchev–Trinajstić information content (AvgIpc) is 3.36. The SMILES string of the molecule is C=CCN(C)C(=O)NC1CC2=C(C(=N)/C=C\CC(C)F)CN=C(C(S/C=C\C)C(C)CC)N2C1.Fc1cccc(Cl)c1. The summed E-state index contributed by atoms with van der Waals surface area (Å²) in [6.07, 6.45) is 8.15. The van der Waals surface area contributed by atoms with Gasteiger partial charge in [0.25, 0.3) is 0 Å². The van der Waals surface area contributed by atoms with E-state index in [0.29, 0.717) is 42.7 Å². The number of thioether (sulfide) groups is 1. The summed E-state index contributed by atoms with van der Waals surface area (Å²) in [5.74, 6) is 1.14. The first kappa shape index (κ1) is 35.3. The third-order valence-corrected chi connectivity index (χ3v) is 8.54. The van der Waals surface area contributed by atoms with Crippen molar-refractivity contribution < 1.29 is 13.6 Å². The van der Waals surface area contributed by atoms with Gasteiger partial charge in [-0.25, -0.2) is 13.6 Å². The predicted molar refractivity (Wildman–Crippen MR) is 175 cm³/mol. The van der Waals surface area contributed by atoms with Crippen LogP contribution in [0, 0.1) is 17.1 Å². The fraction of sp³-hybridized carbons (Fsp3) is 0.469. The lowest BCUT2D eigenvalue weighted by Gasteiger charge is -2.34. The van der Waals surface area contributed by atoms with Crippen molar-refractivity contribution in [2.24, 2.45) is 10.9 Å². The number of alkyl halides is 1. The molecular formula is C32H44ClF2N5OS. The molecule has 0 bridgehead atoms. The molecule has 42 heavy (non-hydrogen) atoms. The van der Waals surface area contributed by atoms with Gasteiger partial charge in [0, 0.05) is 42.9 Å². The Hall–Kier alpha value is -2.91. The fourth-order valence-corrected chi connectivity index (χ4v) is 5.78. The van der Waals surface area contributed by atoms with Crippen LogP contribution in [0.15, 0.2) is 76.8 Å². The van der Waals surface area contributed by atoms with Crippen molar-refractivity contribution in [3.05, 3.63) is 82.7 Å². The van der Waals surface area contributed by atoms with Crippen LogP contribution < -0.4 is 5.32 Å². The van der Waals surface area contributed by atoms with Crippen LogP contribution in [0.25, 0.3) is 0 Å². The van der Waals surface area contributed by atoms with Gasteiger partial charge in [0.15, 0.2) is 0 Å². The lowest BCUT2D eigenvalue weighted by molar-refractivity contribution is 0.209. The van der Waals surface area contributed by atoms with Crippen molar-refractivity contribution in [3.8, 4) is 0 Å². The third kappa shape index (κ3) is 10.7. The predicted octanol–water partition coefficient (Wildman–Crippen LogP) is 8.04.